The number of Topliss-reactive ketones (excluding diaryl/α,β-unsaturated/α-hetero) is 1. The largest absolute Gasteiger partial charge is 0.321 e. The summed E-state index contributed by atoms with van der Waals surface area (Å²) >= 11 is 0. The fraction of sp³-hybridized carbons (Fsp3) is 0.571. The number of carbonyl (C=O) groups is 2. The first-order chi connectivity index (χ1) is 16.9. The third kappa shape index (κ3) is 4.58. The highest BCUT2D eigenvalue weighted by Crippen LogP contribution is 2.49. The molecule has 1 saturated heterocycles. The summed E-state index contributed by atoms with van der Waals surface area (Å²) in [5.74, 6) is 0.627. The van der Waals surface area contributed by atoms with Crippen molar-refractivity contribution in [3.8, 4) is 0 Å². The van der Waals surface area contributed by atoms with Crippen molar-refractivity contribution in [1.82, 2.24) is 24.7 Å². The van der Waals surface area contributed by atoms with E-state index < -0.39 is 0 Å². The van der Waals surface area contributed by atoms with Gasteiger partial charge in [0.15, 0.2) is 5.78 Å². The number of urea groups is 1. The Morgan fingerprint density at radius 2 is 1.83 bits per heavy atom. The summed E-state index contributed by atoms with van der Waals surface area (Å²) in [7, 11) is 4.35. The molecule has 7 heteroatoms. The molecule has 2 saturated carbocycles. The lowest BCUT2D eigenvalue weighted by Gasteiger charge is -2.51. The van der Waals surface area contributed by atoms with Crippen LogP contribution in [0.15, 0.2) is 48.9 Å². The van der Waals surface area contributed by atoms with Crippen LogP contribution in [0.2, 0.25) is 0 Å². The average molecular weight is 476 g/mol. The molecule has 0 unspecified atom stereocenters. The zero-order valence-electron chi connectivity index (χ0n) is 21.0. The van der Waals surface area contributed by atoms with E-state index in [9.17, 15) is 9.59 Å². The molecular weight excluding hydrogens is 438 g/mol. The van der Waals surface area contributed by atoms with Crippen LogP contribution >= 0.6 is 0 Å². The lowest BCUT2D eigenvalue weighted by Crippen LogP contribution is -2.56. The van der Waals surface area contributed by atoms with Crippen LogP contribution < -0.4 is 0 Å². The van der Waals surface area contributed by atoms with Gasteiger partial charge in [0.1, 0.15) is 6.33 Å². The third-order valence-corrected chi connectivity index (χ3v) is 8.79. The Morgan fingerprint density at radius 3 is 2.43 bits per heavy atom. The molecule has 1 aromatic heterocycles. The van der Waals surface area contributed by atoms with Crippen molar-refractivity contribution in [3.05, 3.63) is 60.2 Å². The van der Waals surface area contributed by atoms with E-state index >= 15 is 0 Å². The smallest absolute Gasteiger partial charge is 0.317 e. The lowest BCUT2D eigenvalue weighted by atomic mass is 9.68. The van der Waals surface area contributed by atoms with Crippen LogP contribution in [0.3, 0.4) is 0 Å². The molecule has 0 radical (unpaired) electrons. The van der Waals surface area contributed by atoms with Gasteiger partial charge in [0.05, 0.1) is 24.2 Å². The van der Waals surface area contributed by atoms with Crippen molar-refractivity contribution in [2.45, 2.75) is 62.4 Å². The van der Waals surface area contributed by atoms with E-state index in [0.717, 1.165) is 32.2 Å². The van der Waals surface area contributed by atoms with Crippen LogP contribution in [0.4, 0.5) is 4.79 Å². The van der Waals surface area contributed by atoms with Gasteiger partial charge in [-0.3, -0.25) is 9.69 Å². The molecule has 1 aliphatic heterocycles. The molecule has 0 atom stereocenters. The van der Waals surface area contributed by atoms with Crippen LogP contribution in [0.25, 0.3) is 0 Å². The van der Waals surface area contributed by atoms with Crippen LogP contribution in [0.1, 0.15) is 56.2 Å². The summed E-state index contributed by atoms with van der Waals surface area (Å²) in [6.45, 7) is 1.63. The molecule has 2 amide bonds. The molecule has 7 nitrogen and oxygen atoms in total. The fourth-order valence-electron chi connectivity index (χ4n) is 6.40. The summed E-state index contributed by atoms with van der Waals surface area (Å²) in [5.41, 5.74) is 1.85. The van der Waals surface area contributed by atoms with Gasteiger partial charge in [-0.25, -0.2) is 14.8 Å². The number of benzene rings is 1. The highest BCUT2D eigenvalue weighted by Gasteiger charge is 2.55. The zero-order chi connectivity index (χ0) is 24.5. The van der Waals surface area contributed by atoms with E-state index in [1.54, 1.807) is 12.3 Å². The Hall–Kier alpha value is -2.80. The second kappa shape index (κ2) is 9.69. The van der Waals surface area contributed by atoms with E-state index in [4.69, 9.17) is 0 Å². The molecule has 35 heavy (non-hydrogen) atoms. The molecular formula is C28H37N5O2. The summed E-state index contributed by atoms with van der Waals surface area (Å²) in [6.07, 6.45) is 10.9. The van der Waals surface area contributed by atoms with Gasteiger partial charge in [0, 0.05) is 24.8 Å². The van der Waals surface area contributed by atoms with Crippen molar-refractivity contribution in [3.63, 3.8) is 0 Å². The summed E-state index contributed by atoms with van der Waals surface area (Å²) in [4.78, 5) is 41.0. The molecule has 2 aliphatic carbocycles. The Labute approximate surface area is 208 Å². The number of ketones is 1. The number of hydrogen-bond donors (Lipinski definition) is 0. The number of hydrogen-bond acceptors (Lipinski definition) is 5. The van der Waals surface area contributed by atoms with Gasteiger partial charge in [-0.2, -0.15) is 0 Å². The number of nitrogens with zero attached hydrogens (tertiary/aromatic N) is 5. The molecule has 0 bridgehead atoms. The van der Waals surface area contributed by atoms with Gasteiger partial charge in [0.25, 0.3) is 0 Å². The van der Waals surface area contributed by atoms with Gasteiger partial charge in [-0.05, 0) is 70.2 Å². The van der Waals surface area contributed by atoms with Crippen molar-refractivity contribution in [1.29, 1.82) is 0 Å². The molecule has 2 heterocycles. The molecule has 3 fully saturated rings. The highest BCUT2D eigenvalue weighted by molar-refractivity contribution is 5.88. The van der Waals surface area contributed by atoms with Crippen molar-refractivity contribution in [2.75, 3.05) is 33.7 Å². The molecule has 1 spiro atoms. The molecule has 0 N–H and O–H groups in total. The fourth-order valence-corrected chi connectivity index (χ4v) is 6.40. The van der Waals surface area contributed by atoms with E-state index in [1.165, 1.54) is 31.2 Å². The Morgan fingerprint density at radius 1 is 1.09 bits per heavy atom. The van der Waals surface area contributed by atoms with E-state index in [-0.39, 0.29) is 35.9 Å². The molecule has 186 valence electrons. The zero-order valence-corrected chi connectivity index (χ0v) is 21.0. The van der Waals surface area contributed by atoms with Crippen LogP contribution in [-0.4, -0.2) is 75.8 Å². The minimum Gasteiger partial charge on any atom is -0.317 e. The number of carbonyl (C=O) groups excluding carboxylic acids is 2. The minimum atomic E-state index is -0.184. The van der Waals surface area contributed by atoms with Crippen LogP contribution in [-0.2, 0) is 16.8 Å². The van der Waals surface area contributed by atoms with E-state index in [2.05, 4.69) is 64.2 Å². The average Bonchev–Trinajstić information content (AvgIpc) is 3.08. The first-order valence-corrected chi connectivity index (χ1v) is 13.0. The van der Waals surface area contributed by atoms with Gasteiger partial charge in [-0.1, -0.05) is 36.8 Å². The third-order valence-electron chi connectivity index (χ3n) is 8.79. The standard InChI is InChI=1S/C28H37N5O2/c1-31(2)28(23-9-4-3-5-10-23)14-12-27(13-15-28)20-32(26(35)33(27)18-22-7-6-8-22)19-25(34)17-24-11-16-29-21-30-24/h3-5,9-11,16,21-22H,6-8,12-15,17-20H2,1-2H3. The topological polar surface area (TPSA) is 69.6 Å². The Balaban J connectivity index is 1.34. The maximum atomic E-state index is 13.7. The molecule has 5 rings (SSSR count). The number of amides is 2. The predicted molar refractivity (Wildman–Crippen MR) is 135 cm³/mol. The summed E-state index contributed by atoms with van der Waals surface area (Å²) in [5, 5.41) is 0. The number of aromatic nitrogens is 2. The highest BCUT2D eigenvalue weighted by atomic mass is 16.2. The summed E-state index contributed by atoms with van der Waals surface area (Å²) < 4.78 is 0. The normalized spacial score (nSPS) is 27.0. The SMILES string of the molecule is CN(C)C1(c2ccccc2)CCC2(CC1)CN(CC(=O)Cc1ccncn1)C(=O)N2CC1CCC1. The molecule has 3 aliphatic rings. The maximum absolute atomic E-state index is 13.7. The first kappa shape index (κ1) is 23.9. The lowest BCUT2D eigenvalue weighted by molar-refractivity contribution is -0.119. The van der Waals surface area contributed by atoms with Crippen LogP contribution in [0.5, 0.6) is 0 Å². The minimum absolute atomic E-state index is 0.0199. The second-order valence-corrected chi connectivity index (χ2v) is 11.0. The van der Waals surface area contributed by atoms with Gasteiger partial charge >= 0.3 is 6.03 Å². The van der Waals surface area contributed by atoms with Crippen molar-refractivity contribution >= 4 is 11.8 Å². The monoisotopic (exact) mass is 475 g/mol. The molecule has 1 aromatic carbocycles. The van der Waals surface area contributed by atoms with Crippen molar-refractivity contribution < 1.29 is 9.59 Å². The van der Waals surface area contributed by atoms with Crippen molar-refractivity contribution in [2.24, 2.45) is 5.92 Å². The summed E-state index contributed by atoms with van der Waals surface area (Å²) in [6, 6.07) is 12.6. The Bertz CT molecular complexity index is 1030. The second-order valence-electron chi connectivity index (χ2n) is 11.0. The van der Waals surface area contributed by atoms with Gasteiger partial charge in [0.2, 0.25) is 0 Å². The first-order valence-electron chi connectivity index (χ1n) is 13.0. The quantitative estimate of drug-likeness (QED) is 0.579. The van der Waals surface area contributed by atoms with E-state index in [0.29, 0.717) is 18.2 Å². The predicted octanol–water partition coefficient (Wildman–Crippen LogP) is 3.90. The van der Waals surface area contributed by atoms with Crippen LogP contribution in [0, 0.1) is 5.92 Å². The molecule has 2 aromatic rings. The Kier molecular flexibility index (Phi) is 6.62. The maximum Gasteiger partial charge on any atom is 0.321 e. The number of rotatable bonds is 8. The van der Waals surface area contributed by atoms with Gasteiger partial charge in [-0.15, -0.1) is 0 Å². The van der Waals surface area contributed by atoms with E-state index in [1.807, 2.05) is 4.90 Å². The van der Waals surface area contributed by atoms with Gasteiger partial charge < -0.3 is 9.80 Å².